The number of hydrogen-bond acceptors (Lipinski definition) is 8. The first-order valence-corrected chi connectivity index (χ1v) is 13.0. The smallest absolute Gasteiger partial charge is 0.270 e. The molecule has 1 aromatic heterocycles. The Balaban J connectivity index is 1.86. The van der Waals surface area contributed by atoms with Crippen molar-refractivity contribution in [2.45, 2.75) is 44.3 Å². The fraction of sp³-hybridized carbons (Fsp3) is 0.333. The van der Waals surface area contributed by atoms with E-state index in [1.165, 1.54) is 19.1 Å². The summed E-state index contributed by atoms with van der Waals surface area (Å²) in [4.78, 5) is 41.4. The predicted octanol–water partition coefficient (Wildman–Crippen LogP) is 3.28. The predicted molar refractivity (Wildman–Crippen MR) is 144 cm³/mol. The molecular formula is C27H31N5O5S. The van der Waals surface area contributed by atoms with Gasteiger partial charge in [-0.3, -0.25) is 14.4 Å². The molecule has 11 heteroatoms. The third-order valence-electron chi connectivity index (χ3n) is 6.61. The number of nitrogens with zero attached hydrogens (tertiary/aromatic N) is 2. The lowest BCUT2D eigenvalue weighted by atomic mass is 10.00. The lowest BCUT2D eigenvalue weighted by molar-refractivity contribution is -0.126. The average Bonchev–Trinajstić information content (AvgIpc) is 3.57. The molecule has 0 radical (unpaired) electrons. The molecule has 0 aliphatic heterocycles. The molecule has 1 aliphatic rings. The molecule has 1 unspecified atom stereocenters. The van der Waals surface area contributed by atoms with Crippen LogP contribution < -0.4 is 26.3 Å². The Bertz CT molecular complexity index is 1310. The van der Waals surface area contributed by atoms with Crippen LogP contribution in [-0.4, -0.2) is 47.3 Å². The number of nitrogen functional groups attached to an aromatic ring is 1. The monoisotopic (exact) mass is 537 g/mol. The Hall–Kier alpha value is -4.12. The molecule has 2 aromatic carbocycles. The van der Waals surface area contributed by atoms with E-state index < -0.39 is 17.9 Å². The van der Waals surface area contributed by atoms with E-state index in [1.807, 2.05) is 30.3 Å². The van der Waals surface area contributed by atoms with E-state index in [0.717, 1.165) is 42.8 Å². The number of carbonyl (C=O) groups is 3. The van der Waals surface area contributed by atoms with Gasteiger partial charge in [-0.1, -0.05) is 43.2 Å². The van der Waals surface area contributed by atoms with Crippen molar-refractivity contribution in [3.63, 3.8) is 0 Å². The van der Waals surface area contributed by atoms with Gasteiger partial charge < -0.3 is 31.2 Å². The number of nitrogens with two attached hydrogens (primary N) is 2. The molecule has 38 heavy (non-hydrogen) atoms. The second-order valence-electron chi connectivity index (χ2n) is 9.06. The number of hydrogen-bond donors (Lipinski definition) is 3. The zero-order chi connectivity index (χ0) is 27.2. The summed E-state index contributed by atoms with van der Waals surface area (Å²) in [5.41, 5.74) is 12.5. The van der Waals surface area contributed by atoms with E-state index in [4.69, 9.17) is 20.9 Å². The van der Waals surface area contributed by atoms with Gasteiger partial charge in [0.05, 0.1) is 19.9 Å². The minimum Gasteiger partial charge on any atom is -0.497 e. The molecule has 1 heterocycles. The number of methoxy groups -OCH3 is 2. The second-order valence-corrected chi connectivity index (χ2v) is 9.83. The van der Waals surface area contributed by atoms with Crippen LogP contribution in [0.5, 0.6) is 11.5 Å². The normalized spacial score (nSPS) is 14.1. The highest BCUT2D eigenvalue weighted by Gasteiger charge is 2.37. The van der Waals surface area contributed by atoms with Crippen molar-refractivity contribution in [1.82, 2.24) is 14.6 Å². The van der Waals surface area contributed by atoms with Gasteiger partial charge in [0.1, 0.15) is 22.4 Å². The van der Waals surface area contributed by atoms with E-state index >= 15 is 0 Å². The lowest BCUT2D eigenvalue weighted by Crippen LogP contribution is -2.46. The van der Waals surface area contributed by atoms with Gasteiger partial charge in [-0.15, -0.1) is 0 Å². The Morgan fingerprint density at radius 3 is 2.42 bits per heavy atom. The largest absolute Gasteiger partial charge is 0.497 e. The molecule has 0 spiro atoms. The van der Waals surface area contributed by atoms with Crippen LogP contribution in [0.3, 0.4) is 0 Å². The fourth-order valence-electron chi connectivity index (χ4n) is 4.67. The second kappa shape index (κ2) is 12.0. The number of ether oxygens (including phenoxy) is 2. The summed E-state index contributed by atoms with van der Waals surface area (Å²) >= 11 is 0.772. The zero-order valence-corrected chi connectivity index (χ0v) is 22.1. The first-order chi connectivity index (χ1) is 18.3. The maximum atomic E-state index is 14.1. The van der Waals surface area contributed by atoms with E-state index in [1.54, 1.807) is 18.2 Å². The molecule has 4 rings (SSSR count). The summed E-state index contributed by atoms with van der Waals surface area (Å²) in [5.74, 6) is -0.839. The Kier molecular flexibility index (Phi) is 8.47. The van der Waals surface area contributed by atoms with Crippen molar-refractivity contribution in [1.29, 1.82) is 0 Å². The minimum absolute atomic E-state index is 0.00483. The van der Waals surface area contributed by atoms with Crippen LogP contribution in [0.1, 0.15) is 63.0 Å². The standard InChI is InChI=1S/C27H31N5O5S/c1-36-18-12-13-20(37-2)19(14-18)23(26(34)30-17-10-6-7-11-17)32(15-16-8-4-3-5-9-16)27(35)24-21(28)22(25(29)33)31-38-24/h3-5,8-9,12-14,17,23H,6-7,10-11,15,28H2,1-2H3,(H2,29,33)(H,30,34). The van der Waals surface area contributed by atoms with Crippen molar-refractivity contribution >= 4 is 34.9 Å². The highest BCUT2D eigenvalue weighted by atomic mass is 32.1. The summed E-state index contributed by atoms with van der Waals surface area (Å²) < 4.78 is 15.1. The van der Waals surface area contributed by atoms with Gasteiger partial charge in [0.15, 0.2) is 5.69 Å². The van der Waals surface area contributed by atoms with Crippen LogP contribution in [0.2, 0.25) is 0 Å². The number of carbonyl (C=O) groups excluding carboxylic acids is 3. The Morgan fingerprint density at radius 2 is 1.82 bits per heavy atom. The van der Waals surface area contributed by atoms with Gasteiger partial charge in [0.2, 0.25) is 5.91 Å². The Labute approximate surface area is 225 Å². The Morgan fingerprint density at radius 1 is 1.11 bits per heavy atom. The molecule has 200 valence electrons. The van der Waals surface area contributed by atoms with Gasteiger partial charge in [-0.2, -0.15) is 4.37 Å². The summed E-state index contributed by atoms with van der Waals surface area (Å²) in [6, 6.07) is 13.3. The SMILES string of the molecule is COc1ccc(OC)c(C(C(=O)NC2CCCC2)N(Cc2ccccc2)C(=O)c2snc(C(N)=O)c2N)c1. The lowest BCUT2D eigenvalue weighted by Gasteiger charge is -2.33. The van der Waals surface area contributed by atoms with Gasteiger partial charge in [-0.25, -0.2) is 0 Å². The fourth-order valence-corrected chi connectivity index (χ4v) is 5.44. The van der Waals surface area contributed by atoms with E-state index in [2.05, 4.69) is 9.69 Å². The van der Waals surface area contributed by atoms with Crippen LogP contribution in [0.25, 0.3) is 0 Å². The first-order valence-electron chi connectivity index (χ1n) is 12.3. The molecule has 1 saturated carbocycles. The molecule has 0 saturated heterocycles. The van der Waals surface area contributed by atoms with Gasteiger partial charge in [0, 0.05) is 18.2 Å². The average molecular weight is 538 g/mol. The first kappa shape index (κ1) is 26.9. The van der Waals surface area contributed by atoms with Crippen LogP contribution in [-0.2, 0) is 11.3 Å². The summed E-state index contributed by atoms with van der Waals surface area (Å²) in [5, 5.41) is 3.13. The number of amides is 3. The third-order valence-corrected chi connectivity index (χ3v) is 7.46. The third kappa shape index (κ3) is 5.72. The number of primary amides is 1. The van der Waals surface area contributed by atoms with Crippen molar-refractivity contribution in [2.75, 3.05) is 20.0 Å². The number of rotatable bonds is 10. The number of aromatic nitrogens is 1. The summed E-state index contributed by atoms with van der Waals surface area (Å²) in [7, 11) is 3.02. The van der Waals surface area contributed by atoms with Crippen molar-refractivity contribution in [3.8, 4) is 11.5 Å². The minimum atomic E-state index is -1.10. The van der Waals surface area contributed by atoms with Crippen LogP contribution >= 0.6 is 11.5 Å². The van der Waals surface area contributed by atoms with Crippen LogP contribution in [0, 0.1) is 0 Å². The maximum Gasteiger partial charge on any atom is 0.270 e. The quantitative estimate of drug-likeness (QED) is 0.359. The van der Waals surface area contributed by atoms with Crippen molar-refractivity contribution in [3.05, 3.63) is 70.2 Å². The highest BCUT2D eigenvalue weighted by molar-refractivity contribution is 7.09. The number of nitrogens with one attached hydrogen (secondary N) is 1. The number of anilines is 1. The molecule has 1 fully saturated rings. The number of benzene rings is 2. The molecular weight excluding hydrogens is 506 g/mol. The van der Waals surface area contributed by atoms with Gasteiger partial charge in [-0.05, 0) is 48.1 Å². The zero-order valence-electron chi connectivity index (χ0n) is 21.3. The van der Waals surface area contributed by atoms with E-state index in [0.29, 0.717) is 17.1 Å². The van der Waals surface area contributed by atoms with Crippen LogP contribution in [0.15, 0.2) is 48.5 Å². The molecule has 5 N–H and O–H groups in total. The topological polar surface area (TPSA) is 150 Å². The summed E-state index contributed by atoms with van der Waals surface area (Å²) in [6.07, 6.45) is 3.78. The van der Waals surface area contributed by atoms with Crippen LogP contribution in [0.4, 0.5) is 5.69 Å². The maximum absolute atomic E-state index is 14.1. The van der Waals surface area contributed by atoms with Gasteiger partial charge in [0.25, 0.3) is 11.8 Å². The van der Waals surface area contributed by atoms with Gasteiger partial charge >= 0.3 is 0 Å². The molecule has 1 atom stereocenters. The molecule has 1 aliphatic carbocycles. The molecule has 10 nitrogen and oxygen atoms in total. The van der Waals surface area contributed by atoms with Crippen molar-refractivity contribution < 1.29 is 23.9 Å². The van der Waals surface area contributed by atoms with Crippen molar-refractivity contribution in [2.24, 2.45) is 5.73 Å². The molecule has 0 bridgehead atoms. The van der Waals surface area contributed by atoms with E-state index in [9.17, 15) is 14.4 Å². The summed E-state index contributed by atoms with van der Waals surface area (Å²) in [6.45, 7) is 0.0754. The highest BCUT2D eigenvalue weighted by Crippen LogP contribution is 2.36. The van der Waals surface area contributed by atoms with E-state index in [-0.39, 0.29) is 34.8 Å². The molecule has 3 amide bonds. The molecule has 3 aromatic rings.